The molecule has 2 N–H and O–H groups in total. The van der Waals surface area contributed by atoms with Gasteiger partial charge in [-0.05, 0) is 43.0 Å². The standard InChI is InChI=1S/C16H17NO/c1-11-7-8-13(12(2)16(11)17)9-10-15(18)14-5-3-4-6-14/h3,5-10H,4,17H2,1-2H3/b10-9+. The van der Waals surface area contributed by atoms with Crippen molar-refractivity contribution in [2.75, 3.05) is 5.73 Å². The van der Waals surface area contributed by atoms with Gasteiger partial charge in [0.2, 0.25) is 0 Å². The van der Waals surface area contributed by atoms with Gasteiger partial charge in [0.25, 0.3) is 0 Å². The van der Waals surface area contributed by atoms with Crippen molar-refractivity contribution >= 4 is 17.5 Å². The number of allylic oxidation sites excluding steroid dienone is 5. The summed E-state index contributed by atoms with van der Waals surface area (Å²) in [5.74, 6) is 0.0438. The van der Waals surface area contributed by atoms with Gasteiger partial charge in [-0.1, -0.05) is 36.4 Å². The number of anilines is 1. The van der Waals surface area contributed by atoms with Crippen molar-refractivity contribution in [3.63, 3.8) is 0 Å². The Bertz CT molecular complexity index is 577. The van der Waals surface area contributed by atoms with E-state index in [2.05, 4.69) is 0 Å². The zero-order chi connectivity index (χ0) is 13.1. The molecule has 2 heteroatoms. The minimum absolute atomic E-state index is 0.0438. The molecule has 2 nitrogen and oxygen atoms in total. The van der Waals surface area contributed by atoms with Gasteiger partial charge < -0.3 is 5.73 Å². The summed E-state index contributed by atoms with van der Waals surface area (Å²) < 4.78 is 0. The topological polar surface area (TPSA) is 43.1 Å². The third kappa shape index (κ3) is 2.43. The minimum atomic E-state index is 0.0438. The second kappa shape index (κ2) is 5.05. The summed E-state index contributed by atoms with van der Waals surface area (Å²) in [6, 6.07) is 3.96. The van der Waals surface area contributed by atoms with E-state index in [0.717, 1.165) is 34.4 Å². The quantitative estimate of drug-likeness (QED) is 0.649. The van der Waals surface area contributed by atoms with Crippen LogP contribution in [0, 0.1) is 13.8 Å². The van der Waals surface area contributed by atoms with Crippen LogP contribution in [0.25, 0.3) is 6.08 Å². The summed E-state index contributed by atoms with van der Waals surface area (Å²) >= 11 is 0. The van der Waals surface area contributed by atoms with Crippen molar-refractivity contribution < 1.29 is 4.79 Å². The lowest BCUT2D eigenvalue weighted by Gasteiger charge is -2.07. The van der Waals surface area contributed by atoms with E-state index in [1.54, 1.807) is 6.08 Å². The molecule has 2 rings (SSSR count). The average molecular weight is 239 g/mol. The summed E-state index contributed by atoms with van der Waals surface area (Å²) in [5.41, 5.74) is 10.6. The molecule has 1 aromatic carbocycles. The molecule has 18 heavy (non-hydrogen) atoms. The lowest BCUT2D eigenvalue weighted by Crippen LogP contribution is -1.97. The second-order valence-corrected chi connectivity index (χ2v) is 4.51. The first-order valence-corrected chi connectivity index (χ1v) is 6.04. The van der Waals surface area contributed by atoms with Crippen LogP contribution in [0.4, 0.5) is 5.69 Å². The maximum atomic E-state index is 11.8. The molecule has 0 amide bonds. The van der Waals surface area contributed by atoms with Gasteiger partial charge in [0, 0.05) is 11.3 Å². The molecule has 0 unspecified atom stereocenters. The third-order valence-corrected chi connectivity index (χ3v) is 3.24. The monoisotopic (exact) mass is 239 g/mol. The van der Waals surface area contributed by atoms with Crippen LogP contribution in [0.2, 0.25) is 0 Å². The molecule has 1 aliphatic carbocycles. The fourth-order valence-electron chi connectivity index (χ4n) is 1.96. The number of benzene rings is 1. The van der Waals surface area contributed by atoms with Gasteiger partial charge in [-0.25, -0.2) is 0 Å². The van der Waals surface area contributed by atoms with Crippen molar-refractivity contribution in [3.8, 4) is 0 Å². The molecular weight excluding hydrogens is 222 g/mol. The Morgan fingerprint density at radius 2 is 2.11 bits per heavy atom. The molecule has 0 atom stereocenters. The molecule has 0 fully saturated rings. The van der Waals surface area contributed by atoms with Crippen molar-refractivity contribution in [1.82, 2.24) is 0 Å². The number of rotatable bonds is 3. The van der Waals surface area contributed by atoms with E-state index in [1.807, 2.05) is 50.3 Å². The Hall–Kier alpha value is -2.09. The Kier molecular flexibility index (Phi) is 3.47. The molecule has 0 bridgehead atoms. The van der Waals surface area contributed by atoms with Crippen LogP contribution in [-0.4, -0.2) is 5.78 Å². The van der Waals surface area contributed by atoms with E-state index >= 15 is 0 Å². The van der Waals surface area contributed by atoms with Crippen molar-refractivity contribution in [3.05, 3.63) is 58.7 Å². The number of nitrogens with two attached hydrogens (primary N) is 1. The normalized spacial score (nSPS) is 14.2. The lowest BCUT2D eigenvalue weighted by molar-refractivity contribution is -0.111. The highest BCUT2D eigenvalue weighted by molar-refractivity contribution is 6.08. The molecule has 0 aliphatic heterocycles. The molecule has 0 radical (unpaired) electrons. The van der Waals surface area contributed by atoms with E-state index in [9.17, 15) is 4.79 Å². The van der Waals surface area contributed by atoms with E-state index in [4.69, 9.17) is 5.73 Å². The van der Waals surface area contributed by atoms with Crippen LogP contribution >= 0.6 is 0 Å². The number of carbonyl (C=O) groups is 1. The lowest BCUT2D eigenvalue weighted by atomic mass is 10.0. The van der Waals surface area contributed by atoms with Gasteiger partial charge in [-0.2, -0.15) is 0 Å². The largest absolute Gasteiger partial charge is 0.398 e. The van der Waals surface area contributed by atoms with E-state index in [1.165, 1.54) is 0 Å². The number of ketones is 1. The van der Waals surface area contributed by atoms with Gasteiger partial charge in [0.1, 0.15) is 0 Å². The van der Waals surface area contributed by atoms with Gasteiger partial charge in [0.15, 0.2) is 5.78 Å². The first-order valence-electron chi connectivity index (χ1n) is 6.04. The molecule has 0 aromatic heterocycles. The zero-order valence-electron chi connectivity index (χ0n) is 10.7. The van der Waals surface area contributed by atoms with Crippen LogP contribution in [0.1, 0.15) is 23.1 Å². The molecular formula is C16H17NO. The first-order chi connectivity index (χ1) is 8.59. The number of carbonyl (C=O) groups excluding carboxylic acids is 1. The molecule has 0 spiro atoms. The predicted octanol–water partition coefficient (Wildman–Crippen LogP) is 3.35. The van der Waals surface area contributed by atoms with Crippen molar-refractivity contribution in [2.24, 2.45) is 0 Å². The molecule has 1 aliphatic rings. The fourth-order valence-corrected chi connectivity index (χ4v) is 1.96. The van der Waals surface area contributed by atoms with Crippen molar-refractivity contribution in [1.29, 1.82) is 0 Å². The van der Waals surface area contributed by atoms with Crippen LogP contribution in [-0.2, 0) is 4.79 Å². The minimum Gasteiger partial charge on any atom is -0.398 e. The first kappa shape index (κ1) is 12.4. The Labute approximate surface area is 108 Å². The van der Waals surface area contributed by atoms with Gasteiger partial charge >= 0.3 is 0 Å². The highest BCUT2D eigenvalue weighted by Crippen LogP contribution is 2.21. The maximum Gasteiger partial charge on any atom is 0.185 e. The Morgan fingerprint density at radius 1 is 1.33 bits per heavy atom. The highest BCUT2D eigenvalue weighted by atomic mass is 16.1. The molecule has 0 heterocycles. The fraction of sp³-hybridized carbons (Fsp3) is 0.188. The maximum absolute atomic E-state index is 11.8. The van der Waals surface area contributed by atoms with E-state index in [0.29, 0.717) is 0 Å². The second-order valence-electron chi connectivity index (χ2n) is 4.51. The average Bonchev–Trinajstić information content (AvgIpc) is 2.89. The van der Waals surface area contributed by atoms with Crippen LogP contribution in [0.5, 0.6) is 0 Å². The van der Waals surface area contributed by atoms with Crippen LogP contribution in [0.15, 0.2) is 42.0 Å². The van der Waals surface area contributed by atoms with E-state index in [-0.39, 0.29) is 5.78 Å². The molecule has 0 saturated carbocycles. The van der Waals surface area contributed by atoms with Gasteiger partial charge in [0.05, 0.1) is 0 Å². The third-order valence-electron chi connectivity index (χ3n) is 3.24. The summed E-state index contributed by atoms with van der Waals surface area (Å²) in [6.45, 7) is 3.95. The molecule has 92 valence electrons. The van der Waals surface area contributed by atoms with Gasteiger partial charge in [-0.3, -0.25) is 4.79 Å². The summed E-state index contributed by atoms with van der Waals surface area (Å²) in [6.07, 6.45) is 10.1. The van der Waals surface area contributed by atoms with Crippen molar-refractivity contribution in [2.45, 2.75) is 20.3 Å². The number of hydrogen-bond donors (Lipinski definition) is 1. The smallest absolute Gasteiger partial charge is 0.185 e. The number of hydrogen-bond acceptors (Lipinski definition) is 2. The summed E-state index contributed by atoms with van der Waals surface area (Å²) in [7, 11) is 0. The molecule has 0 saturated heterocycles. The number of nitrogen functional groups attached to an aromatic ring is 1. The Morgan fingerprint density at radius 3 is 2.78 bits per heavy atom. The van der Waals surface area contributed by atoms with Gasteiger partial charge in [-0.15, -0.1) is 0 Å². The summed E-state index contributed by atoms with van der Waals surface area (Å²) in [4.78, 5) is 11.8. The highest BCUT2D eigenvalue weighted by Gasteiger charge is 2.06. The Balaban J connectivity index is 2.22. The predicted molar refractivity (Wildman–Crippen MR) is 76.2 cm³/mol. The summed E-state index contributed by atoms with van der Waals surface area (Å²) in [5, 5.41) is 0. The van der Waals surface area contributed by atoms with Crippen LogP contribution < -0.4 is 5.73 Å². The van der Waals surface area contributed by atoms with Crippen LogP contribution in [0.3, 0.4) is 0 Å². The SMILES string of the molecule is Cc1ccc(/C=C/C(=O)C2=CCC=C2)c(C)c1N. The zero-order valence-corrected chi connectivity index (χ0v) is 10.7. The molecule has 1 aromatic rings. The van der Waals surface area contributed by atoms with E-state index < -0.39 is 0 Å². The number of aryl methyl sites for hydroxylation is 1.